The van der Waals surface area contributed by atoms with Crippen molar-refractivity contribution in [3.63, 3.8) is 0 Å². The number of rotatable bonds is 6. The molecule has 100 valence electrons. The van der Waals surface area contributed by atoms with Gasteiger partial charge < -0.3 is 20.1 Å². The zero-order chi connectivity index (χ0) is 13.6. The van der Waals surface area contributed by atoms with Gasteiger partial charge in [-0.3, -0.25) is 0 Å². The standard InChI is InChI=1S/C11H22N2O4/c1-7(2)9(10(14)15)12-11(16)13(4)8(3)6-17-5/h7-9H,6H2,1-5H3,(H,12,16)(H,14,15). The highest BCUT2D eigenvalue weighted by Gasteiger charge is 2.26. The number of carboxylic acid groups (broad SMARTS) is 1. The summed E-state index contributed by atoms with van der Waals surface area (Å²) in [5.74, 6) is -1.19. The molecular weight excluding hydrogens is 224 g/mol. The van der Waals surface area contributed by atoms with Crippen molar-refractivity contribution >= 4 is 12.0 Å². The molecule has 0 aliphatic heterocycles. The Labute approximate surface area is 102 Å². The summed E-state index contributed by atoms with van der Waals surface area (Å²) in [6.45, 7) is 5.73. The van der Waals surface area contributed by atoms with Gasteiger partial charge in [0.15, 0.2) is 0 Å². The summed E-state index contributed by atoms with van der Waals surface area (Å²) in [7, 11) is 3.16. The minimum atomic E-state index is -1.03. The normalized spacial score (nSPS) is 14.2. The fourth-order valence-corrected chi connectivity index (χ4v) is 1.30. The van der Waals surface area contributed by atoms with Gasteiger partial charge >= 0.3 is 12.0 Å². The molecule has 6 heteroatoms. The highest BCUT2D eigenvalue weighted by atomic mass is 16.5. The van der Waals surface area contributed by atoms with Crippen molar-refractivity contribution in [2.24, 2.45) is 5.92 Å². The third-order valence-electron chi connectivity index (χ3n) is 2.60. The molecule has 2 unspecified atom stereocenters. The third-order valence-corrected chi connectivity index (χ3v) is 2.60. The van der Waals surface area contributed by atoms with Crippen LogP contribution in [0.15, 0.2) is 0 Å². The summed E-state index contributed by atoms with van der Waals surface area (Å²) in [5, 5.41) is 11.4. The summed E-state index contributed by atoms with van der Waals surface area (Å²) in [6.07, 6.45) is 0. The highest BCUT2D eigenvalue weighted by Crippen LogP contribution is 2.04. The highest BCUT2D eigenvalue weighted by molar-refractivity contribution is 5.82. The maximum absolute atomic E-state index is 11.8. The fraction of sp³-hybridized carbons (Fsp3) is 0.818. The lowest BCUT2D eigenvalue weighted by molar-refractivity contribution is -0.140. The van der Waals surface area contributed by atoms with Gasteiger partial charge in [0.1, 0.15) is 6.04 Å². The molecule has 0 spiro atoms. The number of carbonyl (C=O) groups excluding carboxylic acids is 1. The number of nitrogens with one attached hydrogen (secondary N) is 1. The monoisotopic (exact) mass is 246 g/mol. The molecule has 0 aromatic rings. The van der Waals surface area contributed by atoms with Crippen LogP contribution in [-0.2, 0) is 9.53 Å². The largest absolute Gasteiger partial charge is 0.480 e. The van der Waals surface area contributed by atoms with Gasteiger partial charge in [-0.1, -0.05) is 13.8 Å². The first kappa shape index (κ1) is 15.7. The van der Waals surface area contributed by atoms with Gasteiger partial charge in [-0.05, 0) is 12.8 Å². The van der Waals surface area contributed by atoms with E-state index in [1.54, 1.807) is 28.0 Å². The summed E-state index contributed by atoms with van der Waals surface area (Å²) >= 11 is 0. The van der Waals surface area contributed by atoms with Crippen molar-refractivity contribution in [2.75, 3.05) is 20.8 Å². The lowest BCUT2D eigenvalue weighted by Crippen LogP contribution is -2.51. The molecule has 0 bridgehead atoms. The molecule has 2 N–H and O–H groups in total. The number of aliphatic carboxylic acids is 1. The van der Waals surface area contributed by atoms with Crippen LogP contribution in [0.1, 0.15) is 20.8 Å². The van der Waals surface area contributed by atoms with Crippen LogP contribution in [0, 0.1) is 5.92 Å². The van der Waals surface area contributed by atoms with Crippen molar-refractivity contribution in [3.8, 4) is 0 Å². The molecule has 2 atom stereocenters. The van der Waals surface area contributed by atoms with E-state index in [2.05, 4.69) is 5.32 Å². The van der Waals surface area contributed by atoms with Crippen LogP contribution in [0.2, 0.25) is 0 Å². The number of nitrogens with zero attached hydrogens (tertiary/aromatic N) is 1. The van der Waals surface area contributed by atoms with Crippen molar-refractivity contribution in [2.45, 2.75) is 32.9 Å². The number of carboxylic acids is 1. The second-order valence-corrected chi connectivity index (χ2v) is 4.42. The van der Waals surface area contributed by atoms with Gasteiger partial charge in [-0.15, -0.1) is 0 Å². The molecule has 6 nitrogen and oxygen atoms in total. The van der Waals surface area contributed by atoms with E-state index < -0.39 is 18.0 Å². The molecule has 0 rings (SSSR count). The Hall–Kier alpha value is -1.30. The van der Waals surface area contributed by atoms with E-state index >= 15 is 0 Å². The smallest absolute Gasteiger partial charge is 0.326 e. The van der Waals surface area contributed by atoms with E-state index in [1.165, 1.54) is 4.90 Å². The number of methoxy groups -OCH3 is 1. The molecule has 0 saturated carbocycles. The van der Waals surface area contributed by atoms with E-state index in [-0.39, 0.29) is 12.0 Å². The van der Waals surface area contributed by atoms with Crippen molar-refractivity contribution in [3.05, 3.63) is 0 Å². The lowest BCUT2D eigenvalue weighted by atomic mass is 10.1. The van der Waals surface area contributed by atoms with E-state index in [0.29, 0.717) is 6.61 Å². The molecule has 2 amide bonds. The number of hydrogen-bond donors (Lipinski definition) is 2. The SMILES string of the molecule is COCC(C)N(C)C(=O)NC(C(=O)O)C(C)C. The van der Waals surface area contributed by atoms with Crippen molar-refractivity contribution < 1.29 is 19.4 Å². The minimum Gasteiger partial charge on any atom is -0.480 e. The Kier molecular flexibility index (Phi) is 6.57. The average molecular weight is 246 g/mol. The Morgan fingerprint density at radius 3 is 2.24 bits per heavy atom. The van der Waals surface area contributed by atoms with Crippen LogP contribution in [0.25, 0.3) is 0 Å². The second-order valence-electron chi connectivity index (χ2n) is 4.42. The predicted octanol–water partition coefficient (Wildman–Crippen LogP) is 0.772. The Bertz CT molecular complexity index is 268. The van der Waals surface area contributed by atoms with Gasteiger partial charge in [-0.2, -0.15) is 0 Å². The summed E-state index contributed by atoms with van der Waals surface area (Å²) in [5.41, 5.74) is 0. The van der Waals surface area contributed by atoms with Crippen LogP contribution in [-0.4, -0.2) is 54.9 Å². The molecule has 0 aromatic heterocycles. The number of hydrogen-bond acceptors (Lipinski definition) is 3. The van der Waals surface area contributed by atoms with Gasteiger partial charge in [-0.25, -0.2) is 9.59 Å². The first-order valence-electron chi connectivity index (χ1n) is 5.56. The van der Waals surface area contributed by atoms with Crippen LogP contribution >= 0.6 is 0 Å². The van der Waals surface area contributed by atoms with E-state index in [0.717, 1.165) is 0 Å². The quantitative estimate of drug-likeness (QED) is 0.725. The van der Waals surface area contributed by atoms with Crippen LogP contribution in [0.5, 0.6) is 0 Å². The van der Waals surface area contributed by atoms with E-state index in [1.807, 2.05) is 6.92 Å². The number of ether oxygens (including phenoxy) is 1. The molecule has 0 fully saturated rings. The van der Waals surface area contributed by atoms with Gasteiger partial charge in [0.2, 0.25) is 0 Å². The number of amides is 2. The number of urea groups is 1. The van der Waals surface area contributed by atoms with Gasteiger partial charge in [0.25, 0.3) is 0 Å². The predicted molar refractivity (Wildman–Crippen MR) is 63.9 cm³/mol. The molecular formula is C11H22N2O4. The summed E-state index contributed by atoms with van der Waals surface area (Å²) in [6, 6.07) is -1.39. The molecule has 0 aliphatic rings. The molecule has 0 aromatic carbocycles. The molecule has 0 radical (unpaired) electrons. The Morgan fingerprint density at radius 2 is 1.88 bits per heavy atom. The van der Waals surface area contributed by atoms with Crippen LogP contribution in [0.3, 0.4) is 0 Å². The molecule has 0 aliphatic carbocycles. The average Bonchev–Trinajstić information content (AvgIpc) is 2.23. The van der Waals surface area contributed by atoms with Gasteiger partial charge in [0, 0.05) is 14.2 Å². The topological polar surface area (TPSA) is 78.9 Å². The van der Waals surface area contributed by atoms with E-state index in [9.17, 15) is 9.59 Å². The van der Waals surface area contributed by atoms with Crippen LogP contribution in [0.4, 0.5) is 4.79 Å². The lowest BCUT2D eigenvalue weighted by Gasteiger charge is -2.27. The Balaban J connectivity index is 4.45. The number of likely N-dealkylation sites (N-methyl/N-ethyl adjacent to an activating group) is 1. The van der Waals surface area contributed by atoms with Gasteiger partial charge in [0.05, 0.1) is 12.6 Å². The first-order chi connectivity index (χ1) is 7.81. The van der Waals surface area contributed by atoms with Crippen molar-refractivity contribution in [1.29, 1.82) is 0 Å². The zero-order valence-corrected chi connectivity index (χ0v) is 11.1. The summed E-state index contributed by atoms with van der Waals surface area (Å²) < 4.78 is 4.94. The second kappa shape index (κ2) is 7.11. The summed E-state index contributed by atoms with van der Waals surface area (Å²) in [4.78, 5) is 24.1. The van der Waals surface area contributed by atoms with Crippen molar-refractivity contribution in [1.82, 2.24) is 10.2 Å². The van der Waals surface area contributed by atoms with E-state index in [4.69, 9.17) is 9.84 Å². The third kappa shape index (κ3) is 5.04. The zero-order valence-electron chi connectivity index (χ0n) is 11.1. The fourth-order valence-electron chi connectivity index (χ4n) is 1.30. The van der Waals surface area contributed by atoms with Crippen LogP contribution < -0.4 is 5.32 Å². The molecule has 0 saturated heterocycles. The number of carbonyl (C=O) groups is 2. The first-order valence-corrected chi connectivity index (χ1v) is 5.56. The molecule has 0 heterocycles. The minimum absolute atomic E-state index is 0.110. The maximum atomic E-state index is 11.8. The molecule has 17 heavy (non-hydrogen) atoms. The maximum Gasteiger partial charge on any atom is 0.326 e. The Morgan fingerprint density at radius 1 is 1.35 bits per heavy atom.